The lowest BCUT2D eigenvalue weighted by atomic mass is 9.90. The first-order chi connectivity index (χ1) is 15.8. The molecule has 10 heteroatoms. The molecule has 7 nitrogen and oxygen atoms in total. The molecule has 0 radical (unpaired) electrons. The number of imide groups is 1. The van der Waals surface area contributed by atoms with Crippen molar-refractivity contribution in [1.82, 2.24) is 0 Å². The van der Waals surface area contributed by atoms with E-state index in [4.69, 9.17) is 21.1 Å². The molecule has 33 heavy (non-hydrogen) atoms. The molecule has 0 aromatic carbocycles. The van der Waals surface area contributed by atoms with Crippen LogP contribution in [-0.4, -0.2) is 37.0 Å². The zero-order chi connectivity index (χ0) is 24.5. The molecule has 0 bridgehead atoms. The van der Waals surface area contributed by atoms with Gasteiger partial charge in [-0.2, -0.15) is 4.39 Å². The Morgan fingerprint density at radius 1 is 1.06 bits per heavy atom. The van der Waals surface area contributed by atoms with E-state index in [0.29, 0.717) is 41.9 Å². The van der Waals surface area contributed by atoms with Crippen LogP contribution in [0.5, 0.6) is 0 Å². The number of hydrogen-bond donors (Lipinski definition) is 0. The van der Waals surface area contributed by atoms with Gasteiger partial charge in [-0.25, -0.2) is 9.69 Å². The van der Waals surface area contributed by atoms with Crippen molar-refractivity contribution in [3.8, 4) is 0 Å². The lowest BCUT2D eigenvalue weighted by Crippen LogP contribution is -2.39. The lowest BCUT2D eigenvalue weighted by molar-refractivity contribution is -0.142. The number of ether oxygens (including phenoxy) is 2. The summed E-state index contributed by atoms with van der Waals surface area (Å²) >= 11 is 6.93. The smallest absolute Gasteiger partial charge is 0.334 e. The number of esters is 2. The summed E-state index contributed by atoms with van der Waals surface area (Å²) in [7, 11) is 0. The number of halogens is 2. The number of thiophene rings is 1. The van der Waals surface area contributed by atoms with Gasteiger partial charge in [0.05, 0.1) is 24.7 Å². The minimum absolute atomic E-state index is 0.0892. The van der Waals surface area contributed by atoms with Crippen molar-refractivity contribution in [3.63, 3.8) is 0 Å². The Kier molecular flexibility index (Phi) is 10.5. The van der Waals surface area contributed by atoms with Crippen molar-refractivity contribution in [1.29, 1.82) is 0 Å². The van der Waals surface area contributed by atoms with Crippen LogP contribution in [0.2, 0.25) is 5.02 Å². The predicted octanol–water partition coefficient (Wildman–Crippen LogP) is 5.13. The summed E-state index contributed by atoms with van der Waals surface area (Å²) < 4.78 is 25.1. The summed E-state index contributed by atoms with van der Waals surface area (Å²) in [6.07, 6.45) is 3.13. The maximum Gasteiger partial charge on any atom is 0.334 e. The number of carbonyl (C=O) groups excluding carboxylic acids is 4. The molecule has 0 spiro atoms. The second-order valence-corrected chi connectivity index (χ2v) is 8.92. The fourth-order valence-corrected chi connectivity index (χ4v) is 4.75. The highest BCUT2D eigenvalue weighted by Crippen LogP contribution is 2.41. The molecule has 0 N–H and O–H groups in total. The lowest BCUT2D eigenvalue weighted by Gasteiger charge is -2.25. The summed E-state index contributed by atoms with van der Waals surface area (Å²) in [5.74, 6) is -2.64. The average molecular weight is 502 g/mol. The predicted molar refractivity (Wildman–Crippen MR) is 124 cm³/mol. The van der Waals surface area contributed by atoms with E-state index in [-0.39, 0.29) is 53.5 Å². The van der Waals surface area contributed by atoms with Crippen LogP contribution in [-0.2, 0) is 35.1 Å². The van der Waals surface area contributed by atoms with Crippen molar-refractivity contribution in [3.05, 3.63) is 26.2 Å². The number of hydrogen-bond acceptors (Lipinski definition) is 7. The van der Waals surface area contributed by atoms with E-state index in [0.717, 1.165) is 6.42 Å². The van der Waals surface area contributed by atoms with Crippen molar-refractivity contribution in [2.75, 3.05) is 18.1 Å². The van der Waals surface area contributed by atoms with Gasteiger partial charge in [-0.05, 0) is 39.0 Å². The number of carbonyl (C=O) groups is 4. The third kappa shape index (κ3) is 6.63. The van der Waals surface area contributed by atoms with Gasteiger partial charge in [0.2, 0.25) is 11.0 Å². The highest BCUT2D eigenvalue weighted by Gasteiger charge is 2.35. The van der Waals surface area contributed by atoms with Crippen LogP contribution in [0.15, 0.2) is 11.1 Å². The van der Waals surface area contributed by atoms with E-state index in [1.807, 2.05) is 6.92 Å². The van der Waals surface area contributed by atoms with E-state index in [9.17, 15) is 23.6 Å². The largest absolute Gasteiger partial charge is 0.466 e. The fraction of sp³-hybridized carbons (Fsp3) is 0.565. The van der Waals surface area contributed by atoms with Crippen molar-refractivity contribution in [2.45, 2.75) is 72.1 Å². The van der Waals surface area contributed by atoms with Crippen LogP contribution < -0.4 is 4.90 Å². The van der Waals surface area contributed by atoms with Crippen LogP contribution in [0, 0.1) is 5.13 Å². The van der Waals surface area contributed by atoms with Crippen LogP contribution >= 0.6 is 22.9 Å². The van der Waals surface area contributed by atoms with Crippen LogP contribution in [0.25, 0.3) is 0 Å². The number of nitrogens with zero attached hydrogens (tertiary/aromatic N) is 1. The van der Waals surface area contributed by atoms with E-state index >= 15 is 0 Å². The highest BCUT2D eigenvalue weighted by atomic mass is 35.5. The summed E-state index contributed by atoms with van der Waals surface area (Å²) in [6, 6.07) is 0. The van der Waals surface area contributed by atoms with Crippen LogP contribution in [0.4, 0.5) is 10.1 Å². The van der Waals surface area contributed by atoms with Gasteiger partial charge in [0.15, 0.2) is 0 Å². The van der Waals surface area contributed by atoms with Gasteiger partial charge in [-0.15, -0.1) is 11.3 Å². The van der Waals surface area contributed by atoms with Crippen LogP contribution in [0.3, 0.4) is 0 Å². The number of unbranched alkanes of at least 4 members (excludes halogenated alkanes) is 1. The van der Waals surface area contributed by atoms with Gasteiger partial charge in [-0.3, -0.25) is 14.4 Å². The first-order valence-corrected chi connectivity index (χ1v) is 12.3. The van der Waals surface area contributed by atoms with Crippen molar-refractivity contribution < 1.29 is 33.0 Å². The zero-order valence-corrected chi connectivity index (χ0v) is 20.7. The molecular weight excluding hydrogens is 473 g/mol. The molecule has 2 amide bonds. The Morgan fingerprint density at radius 3 is 2.33 bits per heavy atom. The Labute approximate surface area is 201 Å². The standard InChI is InChI=1S/C23H29ClFNO6S/c1-4-7-12-32-23(30)15-11-9-8-10-14(15)22(29)26(17(27)5-2)20-19(24)16(33-21(20)25)13-18(28)31-6-3/h4-13H2,1-3H3. The zero-order valence-electron chi connectivity index (χ0n) is 19.1. The third-order valence-electron chi connectivity index (χ3n) is 5.14. The maximum atomic E-state index is 15.0. The van der Waals surface area contributed by atoms with Gasteiger partial charge in [-0.1, -0.05) is 31.9 Å². The van der Waals surface area contributed by atoms with Gasteiger partial charge in [0.25, 0.3) is 5.91 Å². The van der Waals surface area contributed by atoms with Crippen molar-refractivity contribution >= 4 is 52.4 Å². The Hall–Kier alpha value is -2.26. The molecule has 182 valence electrons. The molecule has 0 fully saturated rings. The van der Waals surface area contributed by atoms with E-state index in [2.05, 4.69) is 0 Å². The summed E-state index contributed by atoms with van der Waals surface area (Å²) in [6.45, 7) is 5.53. The topological polar surface area (TPSA) is 90.0 Å². The molecule has 1 aromatic heterocycles. The monoisotopic (exact) mass is 501 g/mol. The SMILES string of the molecule is CCCCOC(=O)C1=C(C(=O)N(C(=O)CC)c2c(F)sc(CC(=O)OCC)c2Cl)CCCC1. The molecule has 1 aromatic rings. The van der Waals surface area contributed by atoms with E-state index < -0.39 is 34.6 Å². The highest BCUT2D eigenvalue weighted by molar-refractivity contribution is 7.11. The molecule has 0 aliphatic heterocycles. The molecular formula is C23H29ClFNO6S. The molecule has 0 saturated carbocycles. The Balaban J connectivity index is 2.47. The molecule has 0 atom stereocenters. The van der Waals surface area contributed by atoms with Gasteiger partial charge >= 0.3 is 11.9 Å². The minimum Gasteiger partial charge on any atom is -0.466 e. The summed E-state index contributed by atoms with van der Waals surface area (Å²) in [5.41, 5.74) is -0.0393. The molecule has 0 saturated heterocycles. The molecule has 2 rings (SSSR count). The van der Waals surface area contributed by atoms with Gasteiger partial charge < -0.3 is 9.47 Å². The molecule has 1 aliphatic rings. The van der Waals surface area contributed by atoms with E-state index in [1.54, 1.807) is 6.92 Å². The van der Waals surface area contributed by atoms with Gasteiger partial charge in [0, 0.05) is 22.4 Å². The van der Waals surface area contributed by atoms with Crippen molar-refractivity contribution in [2.24, 2.45) is 0 Å². The second kappa shape index (κ2) is 12.8. The van der Waals surface area contributed by atoms with Gasteiger partial charge in [0.1, 0.15) is 5.69 Å². The number of rotatable bonds is 10. The minimum atomic E-state index is -0.863. The third-order valence-corrected chi connectivity index (χ3v) is 6.63. The normalized spacial score (nSPS) is 13.6. The second-order valence-electron chi connectivity index (χ2n) is 7.48. The Morgan fingerprint density at radius 2 is 1.73 bits per heavy atom. The Bertz CT molecular complexity index is 942. The fourth-order valence-electron chi connectivity index (χ4n) is 3.46. The first-order valence-electron chi connectivity index (χ1n) is 11.1. The summed E-state index contributed by atoms with van der Waals surface area (Å²) in [4.78, 5) is 51.6. The number of amides is 2. The van der Waals surface area contributed by atoms with Crippen LogP contribution in [0.1, 0.15) is 70.6 Å². The molecule has 1 heterocycles. The molecule has 1 aliphatic carbocycles. The quantitative estimate of drug-likeness (QED) is 0.326. The van der Waals surface area contributed by atoms with E-state index in [1.165, 1.54) is 6.92 Å². The molecule has 0 unspecified atom stereocenters. The first kappa shape index (κ1) is 27.0. The summed E-state index contributed by atoms with van der Waals surface area (Å²) in [5, 5.41) is -1.05. The number of anilines is 1. The average Bonchev–Trinajstić information content (AvgIpc) is 3.06. The maximum absolute atomic E-state index is 15.0.